The van der Waals surface area contributed by atoms with Gasteiger partial charge in [0.15, 0.2) is 5.82 Å². The van der Waals surface area contributed by atoms with Crippen LogP contribution in [0.15, 0.2) is 49.1 Å². The lowest BCUT2D eigenvalue weighted by Crippen LogP contribution is -2.15. The summed E-state index contributed by atoms with van der Waals surface area (Å²) in [7, 11) is 0. The highest BCUT2D eigenvalue weighted by Gasteiger charge is 2.39. The van der Waals surface area contributed by atoms with Crippen LogP contribution in [-0.4, -0.2) is 35.6 Å². The third-order valence-electron chi connectivity index (χ3n) is 4.46. The lowest BCUT2D eigenvalue weighted by atomic mass is 10.1. The molecule has 0 radical (unpaired) electrons. The second-order valence-electron chi connectivity index (χ2n) is 6.84. The summed E-state index contributed by atoms with van der Waals surface area (Å²) < 4.78 is 79.3. The summed E-state index contributed by atoms with van der Waals surface area (Å²) in [5, 5.41) is 3.86. The molecule has 0 aliphatic carbocycles. The highest BCUT2D eigenvalue weighted by atomic mass is 19.4. The smallest absolute Gasteiger partial charge is 0.366 e. The van der Waals surface area contributed by atoms with Crippen LogP contribution in [0.2, 0.25) is 0 Å². The van der Waals surface area contributed by atoms with Gasteiger partial charge in [0.05, 0.1) is 16.6 Å². The zero-order valence-corrected chi connectivity index (χ0v) is 16.6. The van der Waals surface area contributed by atoms with Crippen molar-refractivity contribution in [1.82, 2.24) is 29.7 Å². The minimum Gasteiger partial charge on any atom is -0.366 e. The number of carbonyl (C=O) groups excluding carboxylic acids is 1. The number of nitrogens with zero attached hydrogens (tertiary/aromatic N) is 6. The van der Waals surface area contributed by atoms with E-state index >= 15 is 0 Å². The fourth-order valence-corrected chi connectivity index (χ4v) is 2.93. The van der Waals surface area contributed by atoms with E-state index < -0.39 is 41.0 Å². The monoisotopic (exact) mass is 479 g/mol. The van der Waals surface area contributed by atoms with Crippen molar-refractivity contribution < 1.29 is 31.1 Å². The van der Waals surface area contributed by atoms with Gasteiger partial charge in [0.25, 0.3) is 5.91 Å². The Kier molecular flexibility index (Phi) is 5.51. The second-order valence-corrected chi connectivity index (χ2v) is 6.84. The summed E-state index contributed by atoms with van der Waals surface area (Å²) >= 11 is 0. The zero-order chi connectivity index (χ0) is 24.7. The molecule has 0 spiro atoms. The Morgan fingerprint density at radius 3 is 2.24 bits per heavy atom. The molecule has 4 aromatic heterocycles. The van der Waals surface area contributed by atoms with Crippen LogP contribution in [0.4, 0.5) is 26.3 Å². The Morgan fingerprint density at radius 2 is 1.62 bits per heavy atom. The van der Waals surface area contributed by atoms with E-state index in [0.29, 0.717) is 23.2 Å². The van der Waals surface area contributed by atoms with Crippen molar-refractivity contribution >= 4 is 28.7 Å². The van der Waals surface area contributed by atoms with Gasteiger partial charge in [-0.25, -0.2) is 14.6 Å². The second kappa shape index (κ2) is 8.20. The molecule has 14 heteroatoms. The minimum absolute atomic E-state index is 0.0989. The predicted octanol–water partition coefficient (Wildman–Crippen LogP) is 3.80. The largest absolute Gasteiger partial charge is 0.433 e. The van der Waals surface area contributed by atoms with Gasteiger partial charge in [-0.1, -0.05) is 0 Å². The van der Waals surface area contributed by atoms with Gasteiger partial charge < -0.3 is 5.73 Å². The van der Waals surface area contributed by atoms with Crippen LogP contribution in [0.3, 0.4) is 0 Å². The molecule has 0 aromatic carbocycles. The molecule has 8 nitrogen and oxygen atoms in total. The van der Waals surface area contributed by atoms with Crippen LogP contribution in [0, 0.1) is 0 Å². The molecule has 4 heterocycles. The molecule has 174 valence electrons. The Morgan fingerprint density at radius 1 is 0.941 bits per heavy atom. The van der Waals surface area contributed by atoms with Crippen molar-refractivity contribution in [1.29, 1.82) is 0 Å². The number of hydrogen-bond acceptors (Lipinski definition) is 6. The number of carbonyl (C=O) groups is 1. The first-order valence-corrected chi connectivity index (χ1v) is 9.22. The van der Waals surface area contributed by atoms with Gasteiger partial charge in [-0.05, 0) is 30.3 Å². The maximum atomic E-state index is 13.1. The van der Waals surface area contributed by atoms with Crippen LogP contribution >= 0.6 is 0 Å². The van der Waals surface area contributed by atoms with Crippen LogP contribution in [0.25, 0.3) is 34.2 Å². The molecule has 34 heavy (non-hydrogen) atoms. The molecule has 4 rings (SSSR count). The average Bonchev–Trinajstić information content (AvgIpc) is 3.24. The number of pyridine rings is 3. The molecule has 0 aliphatic heterocycles. The van der Waals surface area contributed by atoms with E-state index in [-0.39, 0.29) is 11.1 Å². The van der Waals surface area contributed by atoms with E-state index in [1.807, 2.05) is 0 Å². The van der Waals surface area contributed by atoms with Crippen LogP contribution in [-0.2, 0) is 17.1 Å². The van der Waals surface area contributed by atoms with E-state index in [0.717, 1.165) is 17.2 Å². The van der Waals surface area contributed by atoms with Gasteiger partial charge in [0.2, 0.25) is 0 Å². The fraction of sp³-hybridized carbons (Fsp3) is 0.100. The van der Waals surface area contributed by atoms with Crippen molar-refractivity contribution in [3.63, 3.8) is 0 Å². The molecule has 0 fully saturated rings. The van der Waals surface area contributed by atoms with Gasteiger partial charge in [0.1, 0.15) is 17.7 Å². The summed E-state index contributed by atoms with van der Waals surface area (Å²) in [5.74, 6) is -1.35. The molecule has 0 atom stereocenters. The SMILES string of the molecule is NC(=O)/C(=C/n1cnc(-c2cc(C(F)(F)F)nc(C(F)(F)F)c2)n1)c1cnc2cccnc2c1. The molecule has 0 aliphatic rings. The standard InChI is InChI=1S/C20H11F6N7O/c21-19(22,23)15-5-10(6-16(31-15)20(24,25)26)18-30-9-33(32-18)8-12(17(27)34)11-4-14-13(29-7-11)2-1-3-28-14/h1-9H,(H2,27,34)/b12-8+. The Hall–Kier alpha value is -4.36. The number of alkyl halides is 6. The van der Waals surface area contributed by atoms with Crippen LogP contribution in [0.1, 0.15) is 17.0 Å². The number of halogens is 6. The van der Waals surface area contributed by atoms with Gasteiger partial charge in [-0.2, -0.15) is 26.3 Å². The number of fused-ring (bicyclic) bond motifs is 1. The molecule has 2 N–H and O–H groups in total. The lowest BCUT2D eigenvalue weighted by Gasteiger charge is -2.11. The number of rotatable bonds is 4. The normalized spacial score (nSPS) is 12.8. The Labute approximate surface area is 185 Å². The van der Waals surface area contributed by atoms with E-state index in [9.17, 15) is 31.1 Å². The molecule has 0 saturated heterocycles. The van der Waals surface area contributed by atoms with E-state index in [2.05, 4.69) is 25.0 Å². The summed E-state index contributed by atoms with van der Waals surface area (Å²) in [4.78, 5) is 26.7. The number of aromatic nitrogens is 6. The maximum Gasteiger partial charge on any atom is 0.433 e. The van der Waals surface area contributed by atoms with Crippen LogP contribution < -0.4 is 5.73 Å². The van der Waals surface area contributed by atoms with E-state index in [1.165, 1.54) is 18.5 Å². The maximum absolute atomic E-state index is 13.1. The molecule has 0 bridgehead atoms. The Bertz CT molecular complexity index is 1390. The first-order valence-electron chi connectivity index (χ1n) is 9.22. The summed E-state index contributed by atoms with van der Waals surface area (Å²) in [5.41, 5.74) is 2.54. The zero-order valence-electron chi connectivity index (χ0n) is 16.6. The van der Waals surface area contributed by atoms with Gasteiger partial charge in [-0.15, -0.1) is 5.10 Å². The van der Waals surface area contributed by atoms with Crippen molar-refractivity contribution in [2.75, 3.05) is 0 Å². The number of hydrogen-bond donors (Lipinski definition) is 1. The lowest BCUT2D eigenvalue weighted by molar-refractivity contribution is -0.150. The van der Waals surface area contributed by atoms with Gasteiger partial charge in [-0.3, -0.25) is 14.8 Å². The van der Waals surface area contributed by atoms with Crippen LogP contribution in [0.5, 0.6) is 0 Å². The minimum atomic E-state index is -5.13. The van der Waals surface area contributed by atoms with Crippen molar-refractivity contribution in [3.05, 3.63) is 66.0 Å². The number of nitrogens with two attached hydrogens (primary N) is 1. The molecule has 4 aromatic rings. The Balaban J connectivity index is 1.76. The van der Waals surface area contributed by atoms with Crippen molar-refractivity contribution in [2.24, 2.45) is 5.73 Å². The van der Waals surface area contributed by atoms with E-state index in [4.69, 9.17) is 5.73 Å². The number of primary amides is 1. The van der Waals surface area contributed by atoms with E-state index in [1.54, 1.807) is 12.1 Å². The third kappa shape index (κ3) is 4.69. The molecular formula is C20H11F6N7O. The topological polar surface area (TPSA) is 112 Å². The summed E-state index contributed by atoms with van der Waals surface area (Å²) in [6, 6.07) is 5.69. The predicted molar refractivity (Wildman–Crippen MR) is 106 cm³/mol. The highest BCUT2D eigenvalue weighted by Crippen LogP contribution is 2.35. The summed E-state index contributed by atoms with van der Waals surface area (Å²) in [6.07, 6.45) is -5.28. The van der Waals surface area contributed by atoms with Gasteiger partial charge >= 0.3 is 12.4 Å². The molecule has 0 unspecified atom stereocenters. The van der Waals surface area contributed by atoms with Crippen molar-refractivity contribution in [3.8, 4) is 11.4 Å². The fourth-order valence-electron chi connectivity index (χ4n) is 2.93. The molecule has 0 saturated carbocycles. The molecular weight excluding hydrogens is 468 g/mol. The van der Waals surface area contributed by atoms with Crippen molar-refractivity contribution in [2.45, 2.75) is 12.4 Å². The quantitative estimate of drug-likeness (QED) is 0.352. The summed E-state index contributed by atoms with van der Waals surface area (Å²) in [6.45, 7) is 0. The first kappa shape index (κ1) is 22.8. The first-order chi connectivity index (χ1) is 15.9. The number of amides is 1. The van der Waals surface area contributed by atoms with Gasteiger partial charge in [0, 0.05) is 29.7 Å². The average molecular weight is 479 g/mol. The molecule has 1 amide bonds. The third-order valence-corrected chi connectivity index (χ3v) is 4.46. The highest BCUT2D eigenvalue weighted by molar-refractivity contribution is 6.22.